The number of nitrogens with zero attached hydrogens (tertiary/aromatic N) is 2. The first kappa shape index (κ1) is 15.5. The van der Waals surface area contributed by atoms with Crippen LogP contribution in [0.2, 0.25) is 0 Å². The number of pyridine rings is 1. The number of hydrogen-bond donors (Lipinski definition) is 1. The molecule has 23 heavy (non-hydrogen) atoms. The summed E-state index contributed by atoms with van der Waals surface area (Å²) in [6.45, 7) is 5.86. The Hall–Kier alpha value is -2.44. The molecular formula is C17H19N3O3. The first-order chi connectivity index (χ1) is 10.9. The predicted molar refractivity (Wildman–Crippen MR) is 87.1 cm³/mol. The molecule has 3 rings (SSSR count). The van der Waals surface area contributed by atoms with Crippen molar-refractivity contribution in [3.63, 3.8) is 0 Å². The molecule has 2 aromatic rings. The van der Waals surface area contributed by atoms with Gasteiger partial charge >= 0.3 is 5.91 Å². The van der Waals surface area contributed by atoms with Crippen LogP contribution in [0.4, 0.5) is 17.2 Å². The van der Waals surface area contributed by atoms with E-state index < -0.39 is 16.6 Å². The van der Waals surface area contributed by atoms with Crippen molar-refractivity contribution in [2.24, 2.45) is 0 Å². The molecule has 1 aliphatic heterocycles. The number of carbonyl (C=O) groups is 1. The van der Waals surface area contributed by atoms with E-state index in [1.54, 1.807) is 24.4 Å². The Morgan fingerprint density at radius 3 is 2.78 bits per heavy atom. The number of rotatable bonds is 2. The molecule has 1 atom stereocenters. The number of benzene rings is 1. The van der Waals surface area contributed by atoms with Gasteiger partial charge in [0, 0.05) is 18.3 Å². The van der Waals surface area contributed by atoms with Crippen LogP contribution in [0.5, 0.6) is 5.75 Å². The van der Waals surface area contributed by atoms with Crippen molar-refractivity contribution in [3.8, 4) is 5.75 Å². The fraction of sp³-hybridized carbons (Fsp3) is 0.294. The first-order valence-corrected chi connectivity index (χ1v) is 7.44. The molecule has 120 valence electrons. The molecular weight excluding hydrogens is 294 g/mol. The zero-order valence-corrected chi connectivity index (χ0v) is 13.4. The quantitative estimate of drug-likeness (QED) is 0.858. The number of hydrogen-bond acceptors (Lipinski definition) is 5. The van der Waals surface area contributed by atoms with Crippen molar-refractivity contribution >= 4 is 23.1 Å². The lowest BCUT2D eigenvalue weighted by Gasteiger charge is -2.40. The Bertz CT molecular complexity index is 731. The van der Waals surface area contributed by atoms with Crippen LogP contribution in [0, 0.1) is 5.21 Å². The molecule has 6 nitrogen and oxygen atoms in total. The lowest BCUT2D eigenvalue weighted by Crippen LogP contribution is -3.04. The molecule has 0 bridgehead atoms. The van der Waals surface area contributed by atoms with Gasteiger partial charge in [0.15, 0.2) is 0 Å². The molecule has 1 aromatic heterocycles. The molecule has 1 aliphatic rings. The number of amides is 1. The highest BCUT2D eigenvalue weighted by molar-refractivity contribution is 5.73. The van der Waals surface area contributed by atoms with Crippen LogP contribution in [0.15, 0.2) is 42.6 Å². The summed E-state index contributed by atoms with van der Waals surface area (Å²) in [5.74, 6) is 0.913. The summed E-state index contributed by atoms with van der Waals surface area (Å²) < 4.78 is 6.01. The molecule has 0 aliphatic carbocycles. The van der Waals surface area contributed by atoms with E-state index in [9.17, 15) is 10.0 Å². The van der Waals surface area contributed by atoms with Crippen molar-refractivity contribution in [1.82, 2.24) is 4.98 Å². The molecule has 0 spiro atoms. The van der Waals surface area contributed by atoms with Crippen LogP contribution in [-0.4, -0.2) is 23.0 Å². The van der Waals surface area contributed by atoms with Gasteiger partial charge in [-0.1, -0.05) is 6.07 Å². The summed E-state index contributed by atoms with van der Waals surface area (Å²) in [4.78, 5) is 17.8. The number of ether oxygens (including phenoxy) is 1. The minimum atomic E-state index is -0.510. The summed E-state index contributed by atoms with van der Waals surface area (Å²) in [6, 6.07) is 10.8. The van der Waals surface area contributed by atoms with E-state index in [2.05, 4.69) is 9.88 Å². The third-order valence-corrected chi connectivity index (χ3v) is 3.68. The summed E-state index contributed by atoms with van der Waals surface area (Å²) >= 11 is 0. The number of nitrogens with one attached hydrogen (secondary N) is 1. The van der Waals surface area contributed by atoms with Crippen molar-refractivity contribution in [2.45, 2.75) is 26.4 Å². The number of hydroxylamine groups is 1. The summed E-state index contributed by atoms with van der Waals surface area (Å²) in [5, 5.41) is 11.4. The van der Waals surface area contributed by atoms with Gasteiger partial charge in [-0.15, -0.1) is 0 Å². The second-order valence-corrected chi connectivity index (χ2v) is 6.20. The highest BCUT2D eigenvalue weighted by Gasteiger charge is 2.33. The second kappa shape index (κ2) is 5.64. The highest BCUT2D eigenvalue weighted by atomic mass is 16.5. The standard InChI is InChI=1S/C17H19N3O3/c1-12(21)20(22)13-7-8-14-15(10-13)23-17(2,3)11-19(14)16-6-4-5-9-18-16/h4-10,20H,11H2,1-3H3. The fourth-order valence-corrected chi connectivity index (χ4v) is 2.68. The van der Waals surface area contributed by atoms with E-state index in [1.165, 1.54) is 6.92 Å². The zero-order chi connectivity index (χ0) is 16.6. The monoisotopic (exact) mass is 313 g/mol. The predicted octanol–water partition coefficient (Wildman–Crippen LogP) is 1.95. The molecule has 0 saturated heterocycles. The minimum Gasteiger partial charge on any atom is -0.621 e. The van der Waals surface area contributed by atoms with Gasteiger partial charge in [0.2, 0.25) is 0 Å². The molecule has 6 heteroatoms. The third-order valence-electron chi connectivity index (χ3n) is 3.68. The Morgan fingerprint density at radius 1 is 1.35 bits per heavy atom. The van der Waals surface area contributed by atoms with Gasteiger partial charge in [-0.3, -0.25) is 5.06 Å². The molecule has 0 saturated carbocycles. The Labute approximate surface area is 134 Å². The van der Waals surface area contributed by atoms with Crippen LogP contribution in [0.3, 0.4) is 0 Å². The van der Waals surface area contributed by atoms with E-state index >= 15 is 0 Å². The van der Waals surface area contributed by atoms with Crippen molar-refractivity contribution in [1.29, 1.82) is 0 Å². The molecule has 1 unspecified atom stereocenters. The number of quaternary nitrogens is 1. The Morgan fingerprint density at radius 2 is 2.13 bits per heavy atom. The summed E-state index contributed by atoms with van der Waals surface area (Å²) in [5.41, 5.74) is 0.737. The lowest BCUT2D eigenvalue weighted by molar-refractivity contribution is -0.688. The largest absolute Gasteiger partial charge is 0.621 e. The van der Waals surface area contributed by atoms with Crippen LogP contribution in [0.25, 0.3) is 0 Å². The van der Waals surface area contributed by atoms with Crippen molar-refractivity contribution in [2.75, 3.05) is 11.4 Å². The highest BCUT2D eigenvalue weighted by Crippen LogP contribution is 2.41. The Kier molecular flexibility index (Phi) is 3.79. The zero-order valence-electron chi connectivity index (χ0n) is 13.4. The van der Waals surface area contributed by atoms with E-state index in [0.717, 1.165) is 11.5 Å². The number of anilines is 2. The molecule has 1 amide bonds. The van der Waals surface area contributed by atoms with E-state index in [1.807, 2.05) is 32.0 Å². The molecule has 1 N–H and O–H groups in total. The van der Waals surface area contributed by atoms with Crippen LogP contribution >= 0.6 is 0 Å². The Balaban J connectivity index is 2.06. The van der Waals surface area contributed by atoms with Gasteiger partial charge in [0.1, 0.15) is 22.9 Å². The maximum atomic E-state index is 11.9. The van der Waals surface area contributed by atoms with Crippen molar-refractivity contribution in [3.05, 3.63) is 47.8 Å². The normalized spacial score (nSPS) is 17.1. The smallest absolute Gasteiger partial charge is 0.313 e. The minimum absolute atomic E-state index is 0.343. The van der Waals surface area contributed by atoms with Crippen LogP contribution < -0.4 is 14.7 Å². The van der Waals surface area contributed by atoms with Gasteiger partial charge in [-0.25, -0.2) is 9.78 Å². The lowest BCUT2D eigenvalue weighted by atomic mass is 10.0. The maximum Gasteiger partial charge on any atom is 0.313 e. The molecule has 2 heterocycles. The SMILES string of the molecule is CC(=O)[NH+]([O-])c1ccc2c(c1)OC(C)(C)CN2c1ccccn1. The maximum absolute atomic E-state index is 11.9. The number of fused-ring (bicyclic) bond motifs is 1. The molecule has 0 radical (unpaired) electrons. The van der Waals surface area contributed by atoms with E-state index in [-0.39, 0.29) is 0 Å². The van der Waals surface area contributed by atoms with Gasteiger partial charge in [0.05, 0.1) is 19.2 Å². The number of aromatic nitrogens is 1. The van der Waals surface area contributed by atoms with Crippen LogP contribution in [0.1, 0.15) is 20.8 Å². The van der Waals surface area contributed by atoms with E-state index in [0.29, 0.717) is 18.0 Å². The van der Waals surface area contributed by atoms with Gasteiger partial charge < -0.3 is 14.8 Å². The second-order valence-electron chi connectivity index (χ2n) is 6.20. The third kappa shape index (κ3) is 3.04. The average Bonchev–Trinajstić information content (AvgIpc) is 2.52. The van der Waals surface area contributed by atoms with Crippen LogP contribution in [-0.2, 0) is 4.79 Å². The molecule has 1 aromatic carbocycles. The van der Waals surface area contributed by atoms with Crippen molar-refractivity contribution < 1.29 is 14.6 Å². The topological polar surface area (TPSA) is 69.9 Å². The van der Waals surface area contributed by atoms with Gasteiger partial charge in [0.25, 0.3) is 0 Å². The van der Waals surface area contributed by atoms with E-state index in [4.69, 9.17) is 4.74 Å². The average molecular weight is 313 g/mol. The van der Waals surface area contributed by atoms with Gasteiger partial charge in [-0.05, 0) is 32.0 Å². The summed E-state index contributed by atoms with van der Waals surface area (Å²) in [6.07, 6.45) is 1.74. The number of carbonyl (C=O) groups excluding carboxylic acids is 1. The fourth-order valence-electron chi connectivity index (χ4n) is 2.68. The van der Waals surface area contributed by atoms with Gasteiger partial charge in [-0.2, -0.15) is 0 Å². The summed E-state index contributed by atoms with van der Waals surface area (Å²) in [7, 11) is 0. The molecule has 0 fully saturated rings. The first-order valence-electron chi connectivity index (χ1n) is 7.44.